The van der Waals surface area contributed by atoms with E-state index < -0.39 is 33.8 Å². The number of aliphatic hydroxyl groups excluding tert-OH is 1. The van der Waals surface area contributed by atoms with Crippen LogP contribution in [0.25, 0.3) is 0 Å². The second-order valence-electron chi connectivity index (χ2n) is 3.71. The molecule has 0 aliphatic carbocycles. The molecule has 0 aromatic heterocycles. The van der Waals surface area contributed by atoms with E-state index in [1.165, 1.54) is 31.4 Å². The molecule has 110 valence electrons. The summed E-state index contributed by atoms with van der Waals surface area (Å²) in [5, 5.41) is 16.1. The number of aliphatic hydroxyl groups is 1. The molecule has 1 atom stereocenters. The van der Waals surface area contributed by atoms with Gasteiger partial charge in [0.1, 0.15) is 11.8 Å². The lowest BCUT2D eigenvalue weighted by molar-refractivity contribution is -0.139. The molecule has 1 rings (SSSR count). The predicted octanol–water partition coefficient (Wildman–Crippen LogP) is -0.800. The molecule has 0 radical (unpaired) electrons. The summed E-state index contributed by atoms with van der Waals surface area (Å²) in [6, 6.07) is 3.47. The van der Waals surface area contributed by atoms with Crippen molar-refractivity contribution in [1.29, 1.82) is 0 Å². The highest BCUT2D eigenvalue weighted by molar-refractivity contribution is 8.05. The van der Waals surface area contributed by atoms with Crippen LogP contribution in [0, 0.1) is 0 Å². The van der Waals surface area contributed by atoms with Crippen LogP contribution in [0.3, 0.4) is 0 Å². The number of carbonyl (C=O) groups excluding carboxylic acids is 1. The Morgan fingerprint density at radius 2 is 1.85 bits per heavy atom. The number of hydrogen-bond acceptors (Lipinski definition) is 6. The first-order valence-corrected chi connectivity index (χ1v) is 6.84. The zero-order chi connectivity index (χ0) is 15.3. The van der Waals surface area contributed by atoms with Crippen LogP contribution in [-0.2, 0) is 14.8 Å². The van der Waals surface area contributed by atoms with Gasteiger partial charge in [0, 0.05) is 5.56 Å². The summed E-state index contributed by atoms with van der Waals surface area (Å²) in [7, 11) is -3.15. The zero-order valence-electron chi connectivity index (χ0n) is 10.4. The van der Waals surface area contributed by atoms with Crippen LogP contribution in [0.5, 0.6) is 5.75 Å². The molecule has 0 unspecified atom stereocenters. The second kappa shape index (κ2) is 6.46. The fraction of sp³-hybridized carbons (Fsp3) is 0.273. The van der Waals surface area contributed by atoms with Crippen LogP contribution in [0.15, 0.2) is 24.3 Å². The Kier molecular flexibility index (Phi) is 5.19. The van der Waals surface area contributed by atoms with E-state index in [4.69, 9.17) is 14.9 Å². The predicted molar refractivity (Wildman–Crippen MR) is 67.9 cm³/mol. The van der Waals surface area contributed by atoms with Gasteiger partial charge in [0.15, 0.2) is 0 Å². The van der Waals surface area contributed by atoms with Crippen molar-refractivity contribution in [2.75, 3.05) is 13.7 Å². The second-order valence-corrected chi connectivity index (χ2v) is 5.32. The Balaban J connectivity index is 2.96. The van der Waals surface area contributed by atoms with Crippen molar-refractivity contribution >= 4 is 21.1 Å². The van der Waals surface area contributed by atoms with Crippen LogP contribution in [0.1, 0.15) is 10.4 Å². The van der Waals surface area contributed by atoms with Gasteiger partial charge in [0.2, 0.25) is 0 Å². The van der Waals surface area contributed by atoms with Gasteiger partial charge in [-0.1, -0.05) is 0 Å². The van der Waals surface area contributed by atoms with Gasteiger partial charge < -0.3 is 14.9 Å². The molecule has 0 amide bonds. The van der Waals surface area contributed by atoms with Crippen molar-refractivity contribution < 1.29 is 33.0 Å². The fourth-order valence-corrected chi connectivity index (χ4v) is 2.39. The normalized spacial score (nSPS) is 12.7. The summed E-state index contributed by atoms with van der Waals surface area (Å²) in [5.41, 5.74) is -0.152. The van der Waals surface area contributed by atoms with Crippen LogP contribution in [0.2, 0.25) is 0 Å². The number of aliphatic carboxylic acids is 1. The van der Waals surface area contributed by atoms with Gasteiger partial charge in [0.05, 0.1) is 13.7 Å². The van der Waals surface area contributed by atoms with E-state index in [-0.39, 0.29) is 5.56 Å². The van der Waals surface area contributed by atoms with Crippen LogP contribution >= 0.6 is 0 Å². The van der Waals surface area contributed by atoms with Crippen molar-refractivity contribution in [1.82, 2.24) is 4.72 Å². The number of rotatable bonds is 6. The van der Waals surface area contributed by atoms with E-state index in [1.807, 2.05) is 0 Å². The van der Waals surface area contributed by atoms with Crippen molar-refractivity contribution in [2.24, 2.45) is 0 Å². The number of carboxylic acid groups (broad SMARTS) is 1. The van der Waals surface area contributed by atoms with Crippen LogP contribution < -0.4 is 9.46 Å². The molecule has 0 aliphatic heterocycles. The number of carbonyl (C=O) groups is 2. The van der Waals surface area contributed by atoms with Gasteiger partial charge >= 0.3 is 5.97 Å². The Labute approximate surface area is 115 Å². The Bertz CT molecular complexity index is 594. The summed E-state index contributed by atoms with van der Waals surface area (Å²) in [6.45, 7) is -0.968. The Morgan fingerprint density at radius 1 is 1.30 bits per heavy atom. The maximum Gasteiger partial charge on any atom is 0.324 e. The molecule has 8 nitrogen and oxygen atoms in total. The molecule has 9 heteroatoms. The number of nitrogens with one attached hydrogen (secondary N) is 1. The third-order valence-corrected chi connectivity index (χ3v) is 3.67. The van der Waals surface area contributed by atoms with Gasteiger partial charge in [-0.15, -0.1) is 0 Å². The molecular formula is C11H13NO7S. The molecule has 1 aromatic rings. The molecule has 0 saturated heterocycles. The number of sulfonamides is 1. The molecular weight excluding hydrogens is 290 g/mol. The van der Waals surface area contributed by atoms with Gasteiger partial charge in [0.25, 0.3) is 15.1 Å². The first-order chi connectivity index (χ1) is 9.31. The highest BCUT2D eigenvalue weighted by Crippen LogP contribution is 2.13. The van der Waals surface area contributed by atoms with Gasteiger partial charge in [-0.05, 0) is 24.3 Å². The summed E-state index contributed by atoms with van der Waals surface area (Å²) >= 11 is 0. The standard InChI is InChI=1S/C11H13NO7S/c1-19-8-4-2-7(3-5-8)11(16)20(17,18)12-9(6-13)10(14)15/h2-5,9,12-13H,6H2,1H3,(H,14,15)/t9-/m0/s1. The van der Waals surface area contributed by atoms with E-state index >= 15 is 0 Å². The molecule has 0 saturated carbocycles. The largest absolute Gasteiger partial charge is 0.497 e. The smallest absolute Gasteiger partial charge is 0.324 e. The quantitative estimate of drug-likeness (QED) is 0.627. The Morgan fingerprint density at radius 3 is 2.25 bits per heavy atom. The van der Waals surface area contributed by atoms with Gasteiger partial charge in [-0.3, -0.25) is 9.59 Å². The summed E-state index contributed by atoms with van der Waals surface area (Å²) in [6.07, 6.45) is 0. The lowest BCUT2D eigenvalue weighted by atomic mass is 10.2. The highest BCUT2D eigenvalue weighted by Gasteiger charge is 2.30. The van der Waals surface area contributed by atoms with Crippen LogP contribution in [0.4, 0.5) is 0 Å². The van der Waals surface area contributed by atoms with E-state index in [2.05, 4.69) is 0 Å². The summed E-state index contributed by atoms with van der Waals surface area (Å²) < 4.78 is 29.9. The van der Waals surface area contributed by atoms with Gasteiger partial charge in [-0.2, -0.15) is 4.72 Å². The minimum absolute atomic E-state index is 0.152. The zero-order valence-corrected chi connectivity index (χ0v) is 11.3. The fourth-order valence-electron chi connectivity index (χ4n) is 1.29. The molecule has 0 spiro atoms. The summed E-state index contributed by atoms with van der Waals surface area (Å²) in [5.74, 6) is -1.15. The van der Waals surface area contributed by atoms with Crippen LogP contribution in [-0.4, -0.2) is 49.5 Å². The van der Waals surface area contributed by atoms with Crippen molar-refractivity contribution in [2.45, 2.75) is 6.04 Å². The highest BCUT2D eigenvalue weighted by atomic mass is 32.2. The molecule has 0 heterocycles. The van der Waals surface area contributed by atoms with E-state index in [1.54, 1.807) is 4.72 Å². The van der Waals surface area contributed by atoms with E-state index in [9.17, 15) is 18.0 Å². The average molecular weight is 303 g/mol. The molecule has 3 N–H and O–H groups in total. The monoisotopic (exact) mass is 303 g/mol. The minimum Gasteiger partial charge on any atom is -0.497 e. The topological polar surface area (TPSA) is 130 Å². The molecule has 0 fully saturated rings. The molecule has 1 aromatic carbocycles. The molecule has 20 heavy (non-hydrogen) atoms. The number of hydrogen-bond donors (Lipinski definition) is 3. The molecule has 0 bridgehead atoms. The lowest BCUT2D eigenvalue weighted by Crippen LogP contribution is -2.45. The summed E-state index contributed by atoms with van der Waals surface area (Å²) in [4.78, 5) is 22.4. The molecule has 0 aliphatic rings. The lowest BCUT2D eigenvalue weighted by Gasteiger charge is -2.11. The SMILES string of the molecule is COc1ccc(C(=O)S(=O)(=O)N[C@@H](CO)C(=O)O)cc1. The average Bonchev–Trinajstić information content (AvgIpc) is 2.43. The van der Waals surface area contributed by atoms with Crippen molar-refractivity contribution in [3.63, 3.8) is 0 Å². The number of methoxy groups -OCH3 is 1. The minimum atomic E-state index is -4.56. The first-order valence-electron chi connectivity index (χ1n) is 5.36. The van der Waals surface area contributed by atoms with Crippen molar-refractivity contribution in [3.05, 3.63) is 29.8 Å². The third kappa shape index (κ3) is 3.76. The van der Waals surface area contributed by atoms with E-state index in [0.29, 0.717) is 5.75 Å². The van der Waals surface area contributed by atoms with E-state index in [0.717, 1.165) is 0 Å². The Hall–Kier alpha value is -1.97. The number of ether oxygens (including phenoxy) is 1. The maximum absolute atomic E-state index is 11.8. The maximum atomic E-state index is 11.8. The number of benzene rings is 1. The third-order valence-electron chi connectivity index (χ3n) is 2.35. The first kappa shape index (κ1) is 16.1. The van der Waals surface area contributed by atoms with Crippen molar-refractivity contribution in [3.8, 4) is 5.75 Å². The number of carboxylic acids is 1. The van der Waals surface area contributed by atoms with Gasteiger partial charge in [-0.25, -0.2) is 8.42 Å².